The molecule has 0 aliphatic rings. The highest BCUT2D eigenvalue weighted by Crippen LogP contribution is 2.21. The van der Waals surface area contributed by atoms with Crippen LogP contribution in [0.5, 0.6) is 0 Å². The van der Waals surface area contributed by atoms with Gasteiger partial charge in [-0.2, -0.15) is 0 Å². The molecule has 0 unspecified atom stereocenters. The van der Waals surface area contributed by atoms with Crippen molar-refractivity contribution in [3.05, 3.63) is 74.6 Å². The van der Waals surface area contributed by atoms with E-state index >= 15 is 0 Å². The van der Waals surface area contributed by atoms with Crippen LogP contribution in [-0.2, 0) is 24.3 Å². The molecule has 0 spiro atoms. The van der Waals surface area contributed by atoms with Crippen LogP contribution < -0.4 is 5.69 Å². The average Bonchev–Trinajstić information content (AvgIpc) is 2.96. The van der Waals surface area contributed by atoms with Crippen molar-refractivity contribution in [2.24, 2.45) is 5.92 Å². The van der Waals surface area contributed by atoms with Gasteiger partial charge in [0.25, 0.3) is 0 Å². The first-order valence-electron chi connectivity index (χ1n) is 9.84. The fourth-order valence-electron chi connectivity index (χ4n) is 3.31. The van der Waals surface area contributed by atoms with Gasteiger partial charge >= 0.3 is 5.69 Å². The number of hydrogen-bond donors (Lipinski definition) is 0. The predicted octanol–water partition coefficient (Wildman–Crippen LogP) is 4.64. The summed E-state index contributed by atoms with van der Waals surface area (Å²) in [7, 11) is 0. The maximum absolute atomic E-state index is 12.9. The Kier molecular flexibility index (Phi) is 6.85. The Morgan fingerprint density at radius 2 is 1.90 bits per heavy atom. The van der Waals surface area contributed by atoms with E-state index in [1.54, 1.807) is 4.57 Å². The number of benzene rings is 2. The van der Waals surface area contributed by atoms with Crippen molar-refractivity contribution in [3.63, 3.8) is 0 Å². The van der Waals surface area contributed by atoms with Gasteiger partial charge in [0.1, 0.15) is 6.54 Å². The van der Waals surface area contributed by atoms with Crippen molar-refractivity contribution in [1.29, 1.82) is 0 Å². The third kappa shape index (κ3) is 5.54. The van der Waals surface area contributed by atoms with Crippen molar-refractivity contribution in [3.8, 4) is 11.4 Å². The van der Waals surface area contributed by atoms with Gasteiger partial charge in [-0.25, -0.2) is 9.48 Å². The average molecular weight is 456 g/mol. The lowest BCUT2D eigenvalue weighted by Gasteiger charge is -2.08. The minimum atomic E-state index is -0.238. The summed E-state index contributed by atoms with van der Waals surface area (Å²) in [6.07, 6.45) is 1.06. The van der Waals surface area contributed by atoms with E-state index in [-0.39, 0.29) is 23.9 Å². The second-order valence-electron chi connectivity index (χ2n) is 7.81. The molecule has 2 aromatic carbocycles. The molecular weight excluding hydrogens is 430 g/mol. The normalized spacial score (nSPS) is 11.2. The quantitative estimate of drug-likeness (QED) is 0.496. The smallest absolute Gasteiger partial charge is 0.298 e. The molecule has 1 heterocycles. The molecule has 0 N–H and O–H groups in total. The van der Waals surface area contributed by atoms with E-state index in [2.05, 4.69) is 40.9 Å². The van der Waals surface area contributed by atoms with Crippen LogP contribution >= 0.6 is 15.9 Å². The lowest BCUT2D eigenvalue weighted by Crippen LogP contribution is -2.29. The molecule has 0 atom stereocenters. The third-order valence-electron chi connectivity index (χ3n) is 4.65. The molecule has 29 heavy (non-hydrogen) atoms. The minimum absolute atomic E-state index is 0.00323. The number of halogens is 1. The van der Waals surface area contributed by atoms with Gasteiger partial charge in [0.15, 0.2) is 11.6 Å². The summed E-state index contributed by atoms with van der Waals surface area (Å²) in [4.78, 5) is 25.5. The number of aromatic nitrogens is 3. The summed E-state index contributed by atoms with van der Waals surface area (Å²) < 4.78 is 3.89. The highest BCUT2D eigenvalue weighted by Gasteiger charge is 2.18. The molecule has 3 aromatic rings. The highest BCUT2D eigenvalue weighted by atomic mass is 79.9. The van der Waals surface area contributed by atoms with Crippen molar-refractivity contribution in [2.75, 3.05) is 0 Å². The highest BCUT2D eigenvalue weighted by molar-refractivity contribution is 9.10. The molecule has 0 amide bonds. The number of ketones is 1. The van der Waals surface area contributed by atoms with Crippen LogP contribution in [0.15, 0.2) is 57.8 Å². The van der Waals surface area contributed by atoms with Crippen LogP contribution in [0.25, 0.3) is 11.4 Å². The van der Waals surface area contributed by atoms with Gasteiger partial charge in [0, 0.05) is 23.0 Å². The van der Waals surface area contributed by atoms with Crippen molar-refractivity contribution in [2.45, 2.75) is 46.7 Å². The molecule has 1 aromatic heterocycles. The van der Waals surface area contributed by atoms with Crippen LogP contribution in [0.4, 0.5) is 0 Å². The number of nitrogens with zero attached hydrogens (tertiary/aromatic N) is 3. The first kappa shape index (κ1) is 21.2. The Balaban J connectivity index is 1.81. The second kappa shape index (κ2) is 9.35. The molecule has 0 bridgehead atoms. The van der Waals surface area contributed by atoms with E-state index in [9.17, 15) is 9.59 Å². The Labute approximate surface area is 179 Å². The first-order valence-corrected chi connectivity index (χ1v) is 10.6. The van der Waals surface area contributed by atoms with Crippen LogP contribution in [0.1, 0.15) is 31.4 Å². The lowest BCUT2D eigenvalue weighted by molar-refractivity contribution is -0.119. The molecule has 0 aliphatic heterocycles. The van der Waals surface area contributed by atoms with Crippen LogP contribution in [-0.4, -0.2) is 20.1 Å². The maximum Gasteiger partial charge on any atom is 0.346 e. The van der Waals surface area contributed by atoms with E-state index < -0.39 is 0 Å². The van der Waals surface area contributed by atoms with Crippen LogP contribution in [0.2, 0.25) is 0 Å². The Bertz CT molecular complexity index is 1070. The van der Waals surface area contributed by atoms with Crippen LogP contribution in [0, 0.1) is 12.8 Å². The number of carbonyl (C=O) groups is 1. The topological polar surface area (TPSA) is 56.9 Å². The van der Waals surface area contributed by atoms with Crippen LogP contribution in [0.3, 0.4) is 0 Å². The zero-order chi connectivity index (χ0) is 21.0. The van der Waals surface area contributed by atoms with Gasteiger partial charge in [-0.15, -0.1) is 5.10 Å². The summed E-state index contributed by atoms with van der Waals surface area (Å²) in [5.74, 6) is 0.883. The van der Waals surface area contributed by atoms with Gasteiger partial charge in [-0.3, -0.25) is 9.36 Å². The van der Waals surface area contributed by atoms with E-state index in [0.717, 1.165) is 15.6 Å². The maximum atomic E-state index is 12.9. The molecule has 0 fully saturated rings. The fourth-order valence-corrected chi connectivity index (χ4v) is 3.71. The minimum Gasteiger partial charge on any atom is -0.298 e. The standard InChI is InChI=1S/C23H26BrN3O2/c1-16(2)14-26-22(19-8-5-9-20(24)13-19)25-27(23(26)29)15-21(28)11-10-18-7-4-6-17(3)12-18/h4-9,12-13,16H,10-11,14-15H2,1-3H3. The summed E-state index contributed by atoms with van der Waals surface area (Å²) >= 11 is 3.47. The summed E-state index contributed by atoms with van der Waals surface area (Å²) in [5, 5.41) is 4.51. The van der Waals surface area contributed by atoms with Crippen molar-refractivity contribution in [1.82, 2.24) is 14.3 Å². The SMILES string of the molecule is Cc1cccc(CCC(=O)Cn2nc(-c3cccc(Br)c3)n(CC(C)C)c2=O)c1. The Morgan fingerprint density at radius 3 is 2.59 bits per heavy atom. The largest absolute Gasteiger partial charge is 0.346 e. The molecule has 5 nitrogen and oxygen atoms in total. The number of Topliss-reactive ketones (excluding diaryl/α,β-unsaturated/α-hetero) is 1. The fraction of sp³-hybridized carbons (Fsp3) is 0.348. The molecule has 152 valence electrons. The number of carbonyl (C=O) groups excluding carboxylic acids is 1. The number of rotatable bonds is 8. The molecule has 0 saturated carbocycles. The number of aryl methyl sites for hydroxylation is 2. The molecule has 6 heteroatoms. The summed E-state index contributed by atoms with van der Waals surface area (Å²) in [6, 6.07) is 15.8. The predicted molar refractivity (Wildman–Crippen MR) is 119 cm³/mol. The van der Waals surface area contributed by atoms with E-state index in [4.69, 9.17) is 0 Å². The monoisotopic (exact) mass is 455 g/mol. The van der Waals surface area contributed by atoms with E-state index in [0.29, 0.717) is 25.2 Å². The zero-order valence-electron chi connectivity index (χ0n) is 17.1. The third-order valence-corrected chi connectivity index (χ3v) is 5.15. The molecular formula is C23H26BrN3O2. The molecule has 3 rings (SSSR count). The Hall–Kier alpha value is -2.47. The van der Waals surface area contributed by atoms with E-state index in [1.807, 2.05) is 49.4 Å². The lowest BCUT2D eigenvalue weighted by atomic mass is 10.1. The van der Waals surface area contributed by atoms with Gasteiger partial charge in [0.2, 0.25) is 0 Å². The summed E-state index contributed by atoms with van der Waals surface area (Å²) in [5.41, 5.74) is 2.92. The van der Waals surface area contributed by atoms with Gasteiger partial charge in [-0.05, 0) is 37.0 Å². The molecule has 0 saturated heterocycles. The van der Waals surface area contributed by atoms with Crippen molar-refractivity contribution >= 4 is 21.7 Å². The summed E-state index contributed by atoms with van der Waals surface area (Å²) in [6.45, 7) is 6.70. The first-order chi connectivity index (χ1) is 13.8. The second-order valence-corrected chi connectivity index (χ2v) is 8.72. The molecule has 0 radical (unpaired) electrons. The van der Waals surface area contributed by atoms with Crippen molar-refractivity contribution < 1.29 is 4.79 Å². The van der Waals surface area contributed by atoms with Gasteiger partial charge in [-0.1, -0.05) is 71.7 Å². The number of hydrogen-bond acceptors (Lipinski definition) is 3. The zero-order valence-corrected chi connectivity index (χ0v) is 18.6. The van der Waals surface area contributed by atoms with Gasteiger partial charge in [0.05, 0.1) is 0 Å². The van der Waals surface area contributed by atoms with Gasteiger partial charge < -0.3 is 0 Å². The van der Waals surface area contributed by atoms with E-state index in [1.165, 1.54) is 10.2 Å². The molecule has 0 aliphatic carbocycles. The Morgan fingerprint density at radius 1 is 1.14 bits per heavy atom.